The normalized spacial score (nSPS) is 24.3. The second-order valence-corrected chi connectivity index (χ2v) is 7.86. The van der Waals surface area contributed by atoms with E-state index in [1.54, 1.807) is 24.3 Å². The smallest absolute Gasteiger partial charge is 0.243 e. The third-order valence-electron chi connectivity index (χ3n) is 3.60. The van der Waals surface area contributed by atoms with Gasteiger partial charge in [0.2, 0.25) is 10.0 Å². The number of rotatable bonds is 2. The summed E-state index contributed by atoms with van der Waals surface area (Å²) in [6.45, 7) is 4.23. The van der Waals surface area contributed by atoms with Crippen molar-refractivity contribution in [3.05, 3.63) is 28.7 Å². The van der Waals surface area contributed by atoms with Crippen LogP contribution < -0.4 is 5.73 Å². The molecule has 2 rings (SSSR count). The molecule has 0 aliphatic carbocycles. The van der Waals surface area contributed by atoms with Crippen LogP contribution in [0.3, 0.4) is 0 Å². The highest BCUT2D eigenvalue weighted by Crippen LogP contribution is 2.33. The first-order valence-corrected chi connectivity index (χ1v) is 8.03. The van der Waals surface area contributed by atoms with Crippen molar-refractivity contribution in [3.8, 4) is 0 Å². The van der Waals surface area contributed by atoms with E-state index in [9.17, 15) is 8.42 Å². The molecule has 0 amide bonds. The van der Waals surface area contributed by atoms with Gasteiger partial charge < -0.3 is 5.73 Å². The van der Waals surface area contributed by atoms with E-state index in [0.717, 1.165) is 4.47 Å². The first-order chi connectivity index (χ1) is 8.26. The standard InChI is InChI=1S/C12H17BrN2O2S/c1-12(2)11(14)7-8-15(12)18(16,17)10-5-3-9(13)4-6-10/h3-6,11H,7-8,14H2,1-2H3. The Bertz CT molecular complexity index is 540. The SMILES string of the molecule is CC1(C)C(N)CCN1S(=O)(=O)c1ccc(Br)cc1. The van der Waals surface area contributed by atoms with Crippen LogP contribution in [0.2, 0.25) is 0 Å². The molecule has 1 aliphatic rings. The van der Waals surface area contributed by atoms with Gasteiger partial charge in [0.05, 0.1) is 4.90 Å². The summed E-state index contributed by atoms with van der Waals surface area (Å²) in [5.74, 6) is 0. The zero-order valence-electron chi connectivity index (χ0n) is 10.4. The van der Waals surface area contributed by atoms with Crippen molar-refractivity contribution >= 4 is 26.0 Å². The molecule has 4 nitrogen and oxygen atoms in total. The number of nitrogens with two attached hydrogens (primary N) is 1. The van der Waals surface area contributed by atoms with Crippen molar-refractivity contribution < 1.29 is 8.42 Å². The maximum absolute atomic E-state index is 12.6. The summed E-state index contributed by atoms with van der Waals surface area (Å²) in [4.78, 5) is 0.313. The molecule has 1 unspecified atom stereocenters. The molecule has 1 aliphatic heterocycles. The van der Waals surface area contributed by atoms with Gasteiger partial charge in [-0.3, -0.25) is 0 Å². The van der Waals surface area contributed by atoms with Crippen LogP contribution in [0, 0.1) is 0 Å². The van der Waals surface area contributed by atoms with Crippen molar-refractivity contribution in [3.63, 3.8) is 0 Å². The Morgan fingerprint density at radius 3 is 2.33 bits per heavy atom. The first-order valence-electron chi connectivity index (χ1n) is 5.80. The monoisotopic (exact) mass is 332 g/mol. The Hall–Kier alpha value is -0.430. The van der Waals surface area contributed by atoms with Gasteiger partial charge in [0.25, 0.3) is 0 Å². The van der Waals surface area contributed by atoms with Crippen molar-refractivity contribution in [1.82, 2.24) is 4.31 Å². The number of hydrogen-bond acceptors (Lipinski definition) is 3. The maximum atomic E-state index is 12.6. The predicted molar refractivity (Wildman–Crippen MR) is 74.7 cm³/mol. The predicted octanol–water partition coefficient (Wildman–Crippen LogP) is 1.95. The van der Waals surface area contributed by atoms with Gasteiger partial charge in [0, 0.05) is 22.6 Å². The summed E-state index contributed by atoms with van der Waals surface area (Å²) in [7, 11) is -3.46. The molecule has 1 heterocycles. The first kappa shape index (κ1) is 14.0. The molecular formula is C12H17BrN2O2S. The lowest BCUT2D eigenvalue weighted by atomic mass is 9.98. The van der Waals surface area contributed by atoms with Crippen LogP contribution in [0.25, 0.3) is 0 Å². The van der Waals surface area contributed by atoms with Gasteiger partial charge in [-0.05, 0) is 44.5 Å². The number of nitrogens with zero attached hydrogens (tertiary/aromatic N) is 1. The Labute approximate surface area is 116 Å². The summed E-state index contributed by atoms with van der Waals surface area (Å²) in [5, 5.41) is 0. The van der Waals surface area contributed by atoms with E-state index in [1.165, 1.54) is 4.31 Å². The molecule has 0 saturated carbocycles. The highest BCUT2D eigenvalue weighted by atomic mass is 79.9. The molecule has 2 N–H and O–H groups in total. The van der Waals surface area contributed by atoms with E-state index in [4.69, 9.17) is 5.73 Å². The second-order valence-electron chi connectivity index (χ2n) is 5.08. The van der Waals surface area contributed by atoms with Crippen LogP contribution in [0.5, 0.6) is 0 Å². The van der Waals surface area contributed by atoms with Crippen LogP contribution in [-0.2, 0) is 10.0 Å². The minimum absolute atomic E-state index is 0.122. The van der Waals surface area contributed by atoms with Crippen molar-refractivity contribution in [2.24, 2.45) is 5.73 Å². The maximum Gasteiger partial charge on any atom is 0.243 e. The summed E-state index contributed by atoms with van der Waals surface area (Å²) >= 11 is 3.30. The molecule has 1 saturated heterocycles. The number of halogens is 1. The minimum atomic E-state index is -3.46. The minimum Gasteiger partial charge on any atom is -0.326 e. The van der Waals surface area contributed by atoms with E-state index in [0.29, 0.717) is 17.9 Å². The fourth-order valence-electron chi connectivity index (χ4n) is 2.25. The van der Waals surface area contributed by atoms with E-state index in [2.05, 4.69) is 15.9 Å². The van der Waals surface area contributed by atoms with Crippen LogP contribution >= 0.6 is 15.9 Å². The van der Waals surface area contributed by atoms with Crippen LogP contribution in [0.1, 0.15) is 20.3 Å². The largest absolute Gasteiger partial charge is 0.326 e. The molecule has 18 heavy (non-hydrogen) atoms. The zero-order valence-corrected chi connectivity index (χ0v) is 12.8. The van der Waals surface area contributed by atoms with Crippen molar-refractivity contribution in [1.29, 1.82) is 0 Å². The highest BCUT2D eigenvalue weighted by Gasteiger charge is 2.45. The Kier molecular flexibility index (Phi) is 3.57. The van der Waals surface area contributed by atoms with Gasteiger partial charge in [0.1, 0.15) is 0 Å². The quantitative estimate of drug-likeness (QED) is 0.900. The Balaban J connectivity index is 2.41. The topological polar surface area (TPSA) is 63.4 Å². The van der Waals surface area contributed by atoms with Crippen molar-refractivity contribution in [2.75, 3.05) is 6.54 Å². The number of hydrogen-bond donors (Lipinski definition) is 1. The Morgan fingerprint density at radius 1 is 1.33 bits per heavy atom. The zero-order chi connectivity index (χ0) is 13.6. The van der Waals surface area contributed by atoms with Gasteiger partial charge in [-0.25, -0.2) is 8.42 Å². The summed E-state index contributed by atoms with van der Waals surface area (Å²) in [6, 6.07) is 6.56. The van der Waals surface area contributed by atoms with E-state index in [1.807, 2.05) is 13.8 Å². The average molecular weight is 333 g/mol. The second kappa shape index (κ2) is 4.59. The third-order valence-corrected chi connectivity index (χ3v) is 6.22. The third kappa shape index (κ3) is 2.22. The van der Waals surface area contributed by atoms with Gasteiger partial charge >= 0.3 is 0 Å². The average Bonchev–Trinajstić information content (AvgIpc) is 2.55. The molecule has 1 aromatic rings. The Morgan fingerprint density at radius 2 is 1.89 bits per heavy atom. The lowest BCUT2D eigenvalue weighted by Crippen LogP contribution is -2.50. The van der Waals surface area contributed by atoms with Gasteiger partial charge in [-0.2, -0.15) is 4.31 Å². The van der Waals surface area contributed by atoms with Crippen LogP contribution in [0.4, 0.5) is 0 Å². The summed E-state index contributed by atoms with van der Waals surface area (Å²) < 4.78 is 27.5. The lowest BCUT2D eigenvalue weighted by molar-refractivity contribution is 0.270. The molecule has 6 heteroatoms. The van der Waals surface area contributed by atoms with Gasteiger partial charge in [0.15, 0.2) is 0 Å². The van der Waals surface area contributed by atoms with Gasteiger partial charge in [-0.15, -0.1) is 0 Å². The highest BCUT2D eigenvalue weighted by molar-refractivity contribution is 9.10. The molecule has 1 fully saturated rings. The molecule has 0 radical (unpaired) electrons. The molecule has 0 bridgehead atoms. The molecule has 0 aromatic heterocycles. The summed E-state index contributed by atoms with van der Waals surface area (Å²) in [5.41, 5.74) is 5.45. The van der Waals surface area contributed by atoms with E-state index in [-0.39, 0.29) is 6.04 Å². The molecule has 1 aromatic carbocycles. The van der Waals surface area contributed by atoms with Crippen LogP contribution in [0.15, 0.2) is 33.6 Å². The van der Waals surface area contributed by atoms with E-state index >= 15 is 0 Å². The van der Waals surface area contributed by atoms with E-state index < -0.39 is 15.6 Å². The summed E-state index contributed by atoms with van der Waals surface area (Å²) in [6.07, 6.45) is 0.697. The molecule has 1 atom stereocenters. The molecule has 0 spiro atoms. The molecular weight excluding hydrogens is 316 g/mol. The van der Waals surface area contributed by atoms with Gasteiger partial charge in [-0.1, -0.05) is 15.9 Å². The lowest BCUT2D eigenvalue weighted by Gasteiger charge is -2.33. The fraction of sp³-hybridized carbons (Fsp3) is 0.500. The number of benzene rings is 1. The molecule has 100 valence electrons. The number of sulfonamides is 1. The van der Waals surface area contributed by atoms with Crippen molar-refractivity contribution in [2.45, 2.75) is 36.7 Å². The van der Waals surface area contributed by atoms with Crippen LogP contribution in [-0.4, -0.2) is 30.8 Å². The fourth-order valence-corrected chi connectivity index (χ4v) is 4.35.